The van der Waals surface area contributed by atoms with E-state index in [1.54, 1.807) is 0 Å². The van der Waals surface area contributed by atoms with E-state index in [1.165, 1.54) is 22.0 Å². The second-order valence-electron chi connectivity index (χ2n) is 8.78. The second kappa shape index (κ2) is 9.29. The number of hydrogen-bond acceptors (Lipinski definition) is 9. The van der Waals surface area contributed by atoms with Crippen molar-refractivity contribution < 1.29 is 20.1 Å². The first-order valence-corrected chi connectivity index (χ1v) is 12.6. The van der Waals surface area contributed by atoms with Gasteiger partial charge in [-0.3, -0.25) is 4.79 Å². The Balaban J connectivity index is 1.46. The van der Waals surface area contributed by atoms with Crippen LogP contribution in [0.1, 0.15) is 43.7 Å². The van der Waals surface area contributed by atoms with Crippen LogP contribution in [0.3, 0.4) is 0 Å². The van der Waals surface area contributed by atoms with Gasteiger partial charge in [0.25, 0.3) is 0 Å². The number of nitrogens with zero attached hydrogens (tertiary/aromatic N) is 5. The second-order valence-corrected chi connectivity index (χ2v) is 10.3. The molecule has 1 aromatic carbocycles. The maximum atomic E-state index is 11.5. The summed E-state index contributed by atoms with van der Waals surface area (Å²) in [7, 11) is 0. The molecule has 2 aromatic heterocycles. The van der Waals surface area contributed by atoms with E-state index in [0.29, 0.717) is 33.1 Å². The molecule has 6 atom stereocenters. The number of carboxylic acids is 1. The maximum Gasteiger partial charge on any atom is 0.309 e. The van der Waals surface area contributed by atoms with Crippen LogP contribution < -0.4 is 5.32 Å². The fourth-order valence-corrected chi connectivity index (χ4v) is 5.32. The lowest BCUT2D eigenvalue weighted by atomic mass is 10.1. The van der Waals surface area contributed by atoms with Gasteiger partial charge in [0, 0.05) is 22.7 Å². The zero-order valence-corrected chi connectivity index (χ0v) is 19.9. The Bertz CT molecular complexity index is 1210. The number of aliphatic hydroxyl groups excluding tert-OH is 2. The number of aliphatic carboxylic acids is 1. The number of nitrogens with one attached hydrogen (secondary N) is 1. The van der Waals surface area contributed by atoms with Crippen molar-refractivity contribution in [2.24, 2.45) is 5.92 Å². The van der Waals surface area contributed by atoms with E-state index < -0.39 is 30.1 Å². The SMILES string of the molecule is CCCSc1nc(NC2CC2c2ccc(Cl)cc2)c2nnn([C@@H]3C[C@H](C(=O)O)[C@@H](O)[C@H]3O)c2n1. The predicted octanol–water partition coefficient (Wildman–Crippen LogP) is 2.71. The van der Waals surface area contributed by atoms with Crippen molar-refractivity contribution in [3.05, 3.63) is 34.9 Å². The molecule has 5 rings (SSSR count). The van der Waals surface area contributed by atoms with Crippen molar-refractivity contribution in [2.45, 2.75) is 61.6 Å². The molecule has 4 N–H and O–H groups in total. The lowest BCUT2D eigenvalue weighted by Crippen LogP contribution is -2.32. The van der Waals surface area contributed by atoms with Crippen LogP contribution in [0, 0.1) is 5.92 Å². The summed E-state index contributed by atoms with van der Waals surface area (Å²) in [5.74, 6) is -0.531. The fraction of sp³-hybridized carbons (Fsp3) is 0.500. The average molecular weight is 505 g/mol. The molecule has 180 valence electrons. The third-order valence-electron chi connectivity index (χ3n) is 6.43. The van der Waals surface area contributed by atoms with Gasteiger partial charge in [-0.05, 0) is 37.0 Å². The number of carbonyl (C=O) groups is 1. The van der Waals surface area contributed by atoms with E-state index in [9.17, 15) is 20.1 Å². The summed E-state index contributed by atoms with van der Waals surface area (Å²) in [5, 5.41) is 43.3. The molecule has 34 heavy (non-hydrogen) atoms. The summed E-state index contributed by atoms with van der Waals surface area (Å²) in [6, 6.07) is 7.22. The third kappa shape index (κ3) is 4.33. The molecule has 12 heteroatoms. The average Bonchev–Trinajstić information content (AvgIpc) is 3.34. The van der Waals surface area contributed by atoms with Gasteiger partial charge in [-0.1, -0.05) is 47.6 Å². The van der Waals surface area contributed by atoms with Crippen LogP contribution in [0.25, 0.3) is 11.2 Å². The highest BCUT2D eigenvalue weighted by molar-refractivity contribution is 7.99. The zero-order valence-electron chi connectivity index (χ0n) is 18.4. The third-order valence-corrected chi connectivity index (χ3v) is 7.74. The molecule has 0 saturated heterocycles. The topological polar surface area (TPSA) is 146 Å². The summed E-state index contributed by atoms with van der Waals surface area (Å²) in [5.41, 5.74) is 2.05. The lowest BCUT2D eigenvalue weighted by molar-refractivity contribution is -0.145. The van der Waals surface area contributed by atoms with E-state index in [2.05, 4.69) is 32.5 Å². The van der Waals surface area contributed by atoms with Crippen LogP contribution in [0.15, 0.2) is 29.4 Å². The van der Waals surface area contributed by atoms with Crippen LogP contribution in [0.2, 0.25) is 5.02 Å². The fourth-order valence-electron chi connectivity index (χ4n) is 4.50. The lowest BCUT2D eigenvalue weighted by Gasteiger charge is -2.16. The Morgan fingerprint density at radius 3 is 2.65 bits per heavy atom. The molecule has 0 spiro atoms. The number of aliphatic hydroxyl groups is 2. The Morgan fingerprint density at radius 2 is 1.97 bits per heavy atom. The van der Waals surface area contributed by atoms with Gasteiger partial charge in [0.2, 0.25) is 0 Å². The molecule has 2 fully saturated rings. The molecule has 0 bridgehead atoms. The van der Waals surface area contributed by atoms with Gasteiger partial charge >= 0.3 is 5.97 Å². The molecule has 2 unspecified atom stereocenters. The molecule has 3 aromatic rings. The van der Waals surface area contributed by atoms with E-state index in [4.69, 9.17) is 11.6 Å². The minimum atomic E-state index is -1.39. The smallest absolute Gasteiger partial charge is 0.309 e. The van der Waals surface area contributed by atoms with Gasteiger partial charge in [0.05, 0.1) is 18.1 Å². The normalized spacial score (nSPS) is 28.4. The van der Waals surface area contributed by atoms with Gasteiger partial charge in [-0.15, -0.1) is 5.10 Å². The first-order valence-electron chi connectivity index (χ1n) is 11.2. The number of rotatable bonds is 8. The Labute approximate surface area is 204 Å². The van der Waals surface area contributed by atoms with Crippen molar-refractivity contribution in [3.8, 4) is 0 Å². The van der Waals surface area contributed by atoms with Crippen molar-refractivity contribution >= 4 is 46.3 Å². The number of halogens is 1. The molecule has 2 saturated carbocycles. The first kappa shape index (κ1) is 23.3. The summed E-state index contributed by atoms with van der Waals surface area (Å²) in [6.07, 6.45) is -0.765. The molecule has 2 aliphatic carbocycles. The predicted molar refractivity (Wildman–Crippen MR) is 127 cm³/mol. The van der Waals surface area contributed by atoms with E-state index in [0.717, 1.165) is 18.6 Å². The van der Waals surface area contributed by atoms with E-state index in [1.807, 2.05) is 24.3 Å². The zero-order chi connectivity index (χ0) is 24.0. The maximum absolute atomic E-state index is 11.5. The number of fused-ring (bicyclic) bond motifs is 1. The van der Waals surface area contributed by atoms with Gasteiger partial charge in [-0.2, -0.15) is 0 Å². The minimum absolute atomic E-state index is 0.0294. The van der Waals surface area contributed by atoms with Crippen LogP contribution in [0.4, 0.5) is 5.82 Å². The standard InChI is InChI=1S/C22H25ClN6O4S/c1-2-7-34-22-25-19(24-14-8-12(14)10-3-5-11(23)6-4-10)16-20(26-22)29(28-27-16)15-9-13(21(32)33)17(30)18(15)31/h3-6,12-15,17-18,30-31H,2,7-9H2,1H3,(H,32,33)(H,24,25,26)/t12?,13-,14?,15+,17+,18-/m0/s1. The summed E-state index contributed by atoms with van der Waals surface area (Å²) >= 11 is 7.52. The van der Waals surface area contributed by atoms with Crippen LogP contribution in [0.5, 0.6) is 0 Å². The molecule has 10 nitrogen and oxygen atoms in total. The highest BCUT2D eigenvalue weighted by atomic mass is 35.5. The quantitative estimate of drug-likeness (QED) is 0.266. The monoisotopic (exact) mass is 504 g/mol. The largest absolute Gasteiger partial charge is 0.481 e. The van der Waals surface area contributed by atoms with Crippen molar-refractivity contribution in [1.82, 2.24) is 25.0 Å². The summed E-state index contributed by atoms with van der Waals surface area (Å²) in [4.78, 5) is 20.8. The number of anilines is 1. The number of aromatic nitrogens is 5. The molecule has 0 radical (unpaired) electrons. The number of carboxylic acid groups (broad SMARTS) is 1. The molecular formula is C22H25ClN6O4S. The van der Waals surface area contributed by atoms with E-state index >= 15 is 0 Å². The Hall–Kier alpha value is -2.47. The number of benzene rings is 1. The molecule has 0 aliphatic heterocycles. The highest BCUT2D eigenvalue weighted by Gasteiger charge is 2.47. The van der Waals surface area contributed by atoms with Crippen LogP contribution in [-0.4, -0.2) is 70.3 Å². The van der Waals surface area contributed by atoms with Crippen molar-refractivity contribution in [2.75, 3.05) is 11.1 Å². The molecule has 2 aliphatic rings. The van der Waals surface area contributed by atoms with Gasteiger partial charge < -0.3 is 20.6 Å². The molecule has 0 amide bonds. The van der Waals surface area contributed by atoms with Crippen molar-refractivity contribution in [3.63, 3.8) is 0 Å². The van der Waals surface area contributed by atoms with Crippen LogP contribution >= 0.6 is 23.4 Å². The minimum Gasteiger partial charge on any atom is -0.481 e. The number of hydrogen-bond donors (Lipinski definition) is 4. The van der Waals surface area contributed by atoms with Crippen molar-refractivity contribution in [1.29, 1.82) is 0 Å². The summed E-state index contributed by atoms with van der Waals surface area (Å²) < 4.78 is 1.43. The Kier molecular flexibility index (Phi) is 6.36. The van der Waals surface area contributed by atoms with Crippen LogP contribution in [-0.2, 0) is 4.79 Å². The molecular weight excluding hydrogens is 480 g/mol. The van der Waals surface area contributed by atoms with Gasteiger partial charge in [-0.25, -0.2) is 14.6 Å². The Morgan fingerprint density at radius 1 is 1.21 bits per heavy atom. The van der Waals surface area contributed by atoms with Gasteiger partial charge in [0.1, 0.15) is 6.10 Å². The number of thioether (sulfide) groups is 1. The molecule has 2 heterocycles. The summed E-state index contributed by atoms with van der Waals surface area (Å²) in [6.45, 7) is 2.07. The first-order chi connectivity index (χ1) is 16.4. The highest BCUT2D eigenvalue weighted by Crippen LogP contribution is 2.44. The van der Waals surface area contributed by atoms with Gasteiger partial charge in [0.15, 0.2) is 22.1 Å². The van der Waals surface area contributed by atoms with E-state index in [-0.39, 0.29) is 12.5 Å².